The van der Waals surface area contributed by atoms with Crippen molar-refractivity contribution in [1.82, 2.24) is 9.55 Å². The van der Waals surface area contributed by atoms with Crippen LogP contribution in [0.5, 0.6) is 0 Å². The number of nitriles is 1. The van der Waals surface area contributed by atoms with Crippen LogP contribution in [0.2, 0.25) is 0 Å². The Morgan fingerprint density at radius 2 is 2.09 bits per heavy atom. The summed E-state index contributed by atoms with van der Waals surface area (Å²) in [6, 6.07) is 9.21. The number of phosphoric ester groups is 1. The van der Waals surface area contributed by atoms with Crippen molar-refractivity contribution in [2.75, 3.05) is 17.7 Å². The van der Waals surface area contributed by atoms with Crippen LogP contribution in [0.25, 0.3) is 21.7 Å². The molecule has 7 N–H and O–H groups in total. The van der Waals surface area contributed by atoms with Crippen molar-refractivity contribution in [2.24, 2.45) is 0 Å². The molecule has 1 aromatic carbocycles. The molecule has 4 rings (SSSR count). The molecule has 1 aliphatic heterocycles. The summed E-state index contributed by atoms with van der Waals surface area (Å²) < 4.78 is 22.5. The number of ether oxygens (including phenoxy) is 1. The number of benzene rings is 1. The van der Waals surface area contributed by atoms with Gasteiger partial charge in [-0.15, -0.1) is 0 Å². The lowest BCUT2D eigenvalue weighted by Crippen LogP contribution is -2.33. The first-order valence-corrected chi connectivity index (χ1v) is 10.7. The number of aliphatic hydroxyl groups excluding tert-OH is 2. The molecule has 0 radical (unpaired) electrons. The van der Waals surface area contributed by atoms with E-state index in [2.05, 4.69) is 20.9 Å². The van der Waals surface area contributed by atoms with Crippen molar-refractivity contribution in [1.29, 1.82) is 5.26 Å². The van der Waals surface area contributed by atoms with Gasteiger partial charge in [0.05, 0.1) is 29.1 Å². The van der Waals surface area contributed by atoms with Crippen molar-refractivity contribution in [3.63, 3.8) is 0 Å². The highest BCUT2D eigenvalue weighted by Crippen LogP contribution is 2.42. The molecule has 0 aliphatic carbocycles. The second-order valence-electron chi connectivity index (χ2n) is 7.12. The minimum Gasteiger partial charge on any atom is -0.387 e. The first kappa shape index (κ1) is 22.0. The van der Waals surface area contributed by atoms with E-state index in [0.717, 1.165) is 0 Å². The number of aromatic nitrogens is 2. The number of aliphatic hydroxyl groups is 2. The predicted molar refractivity (Wildman–Crippen MR) is 113 cm³/mol. The van der Waals surface area contributed by atoms with Crippen LogP contribution in [-0.2, 0) is 13.8 Å². The summed E-state index contributed by atoms with van der Waals surface area (Å²) in [7, 11) is -4.81. The lowest BCUT2D eigenvalue weighted by atomic mass is 10.1. The van der Waals surface area contributed by atoms with Gasteiger partial charge in [0.2, 0.25) is 0 Å². The highest BCUT2D eigenvalue weighted by atomic mass is 31.2. The summed E-state index contributed by atoms with van der Waals surface area (Å²) in [4.78, 5) is 22.1. The van der Waals surface area contributed by atoms with Gasteiger partial charge >= 0.3 is 7.82 Å². The number of anilines is 2. The van der Waals surface area contributed by atoms with Gasteiger partial charge in [-0.2, -0.15) is 5.26 Å². The molecule has 3 heterocycles. The largest absolute Gasteiger partial charge is 0.469 e. The Balaban J connectivity index is 1.83. The average Bonchev–Trinajstić information content (AvgIpc) is 3.24. The zero-order chi connectivity index (χ0) is 23.2. The summed E-state index contributed by atoms with van der Waals surface area (Å²) in [6.07, 6.45) is 1.63. The standard InChI is InChI=1S/C19H18N5O7P/c1-2-22-18-14-11(10-4-3-9(6-20)5-12(10)23-17(14)21)7-24(18)19-16(26)15(25)13(31-19)8-30-32(27,28)29/h1,3-5,7,13,15-16,19,22,25-26H,8H2,(H2,21,23)(H2,27,28,29). The van der Waals surface area contributed by atoms with Crippen LogP contribution in [-0.4, -0.2) is 54.5 Å². The molecule has 12 nitrogen and oxygen atoms in total. The highest BCUT2D eigenvalue weighted by Gasteiger charge is 2.45. The molecule has 0 amide bonds. The molecule has 0 saturated carbocycles. The van der Waals surface area contributed by atoms with Crippen molar-refractivity contribution in [3.05, 3.63) is 30.0 Å². The topological polar surface area (TPSA) is 196 Å². The summed E-state index contributed by atoms with van der Waals surface area (Å²) in [5.74, 6) is 0.361. The number of nitrogens with zero attached hydrogens (tertiary/aromatic N) is 3. The Morgan fingerprint density at radius 1 is 1.34 bits per heavy atom. The van der Waals surface area contributed by atoms with Gasteiger partial charge in [0, 0.05) is 23.0 Å². The summed E-state index contributed by atoms with van der Waals surface area (Å²) in [5, 5.41) is 34.4. The number of nitrogens with two attached hydrogens (primary N) is 1. The van der Waals surface area contributed by atoms with Gasteiger partial charge < -0.3 is 40.4 Å². The second kappa shape index (κ2) is 8.06. The van der Waals surface area contributed by atoms with E-state index in [1.165, 1.54) is 4.57 Å². The van der Waals surface area contributed by atoms with Gasteiger partial charge in [-0.25, -0.2) is 9.55 Å². The molecule has 1 aliphatic rings. The lowest BCUT2D eigenvalue weighted by Gasteiger charge is -2.19. The third kappa shape index (κ3) is 3.77. The van der Waals surface area contributed by atoms with Gasteiger partial charge in [-0.05, 0) is 12.1 Å². The Kier molecular flexibility index (Phi) is 5.54. The molecular formula is C19H18N5O7P. The van der Waals surface area contributed by atoms with Crippen LogP contribution >= 0.6 is 7.82 Å². The fourth-order valence-corrected chi connectivity index (χ4v) is 4.10. The third-order valence-electron chi connectivity index (χ3n) is 5.16. The molecule has 2 aromatic heterocycles. The van der Waals surface area contributed by atoms with E-state index in [9.17, 15) is 14.8 Å². The van der Waals surface area contributed by atoms with E-state index in [-0.39, 0.29) is 11.6 Å². The van der Waals surface area contributed by atoms with E-state index >= 15 is 0 Å². The zero-order valence-electron chi connectivity index (χ0n) is 16.3. The van der Waals surface area contributed by atoms with Crippen molar-refractivity contribution >= 4 is 41.1 Å². The van der Waals surface area contributed by atoms with E-state index < -0.39 is 39.0 Å². The number of hydrogen-bond donors (Lipinski definition) is 6. The van der Waals surface area contributed by atoms with E-state index in [1.54, 1.807) is 24.4 Å². The Morgan fingerprint density at radius 3 is 2.75 bits per heavy atom. The lowest BCUT2D eigenvalue weighted by molar-refractivity contribution is -0.0507. The molecule has 32 heavy (non-hydrogen) atoms. The van der Waals surface area contributed by atoms with Crippen LogP contribution in [0.1, 0.15) is 11.8 Å². The molecule has 1 saturated heterocycles. The van der Waals surface area contributed by atoms with E-state index in [1.807, 2.05) is 6.07 Å². The van der Waals surface area contributed by atoms with Crippen LogP contribution < -0.4 is 11.1 Å². The number of rotatable bonds is 5. The maximum atomic E-state index is 11.0. The summed E-state index contributed by atoms with van der Waals surface area (Å²) in [6.45, 7) is -0.652. The number of nitrogen functional groups attached to an aromatic ring is 1. The normalized spacial score (nSPS) is 23.3. The van der Waals surface area contributed by atoms with E-state index in [4.69, 9.17) is 31.9 Å². The van der Waals surface area contributed by atoms with Gasteiger partial charge in [0.1, 0.15) is 29.9 Å². The average molecular weight is 459 g/mol. The smallest absolute Gasteiger partial charge is 0.387 e. The Hall–Kier alpha value is -3.19. The minimum atomic E-state index is -4.81. The van der Waals surface area contributed by atoms with Gasteiger partial charge in [0.15, 0.2) is 6.23 Å². The molecule has 13 heteroatoms. The van der Waals surface area contributed by atoms with Gasteiger partial charge in [0.25, 0.3) is 0 Å². The second-order valence-corrected chi connectivity index (χ2v) is 8.36. The SMILES string of the molecule is C#CNc1c2c(N)nc3cc(C#N)ccc3c2cn1C1OC(COP(=O)(O)O)C(O)C1O. The van der Waals surface area contributed by atoms with Crippen LogP contribution in [0, 0.1) is 23.8 Å². The summed E-state index contributed by atoms with van der Waals surface area (Å²) in [5.41, 5.74) is 7.04. The first-order chi connectivity index (χ1) is 15.1. The van der Waals surface area contributed by atoms with Crippen LogP contribution in [0.3, 0.4) is 0 Å². The number of phosphoric acid groups is 1. The molecule has 0 bridgehead atoms. The third-order valence-corrected chi connectivity index (χ3v) is 5.64. The first-order valence-electron chi connectivity index (χ1n) is 9.21. The van der Waals surface area contributed by atoms with Crippen molar-refractivity contribution in [3.8, 4) is 18.5 Å². The zero-order valence-corrected chi connectivity index (χ0v) is 17.2. The number of fused-ring (bicyclic) bond motifs is 3. The fourth-order valence-electron chi connectivity index (χ4n) is 3.76. The minimum absolute atomic E-state index is 0.105. The molecular weight excluding hydrogens is 441 g/mol. The molecule has 1 fully saturated rings. The van der Waals surface area contributed by atoms with Crippen LogP contribution in [0.4, 0.5) is 11.6 Å². The molecule has 4 atom stereocenters. The Labute approximate surface area is 181 Å². The maximum Gasteiger partial charge on any atom is 0.469 e. The Bertz CT molecular complexity index is 1340. The number of pyridine rings is 1. The van der Waals surface area contributed by atoms with Crippen molar-refractivity contribution in [2.45, 2.75) is 24.5 Å². The monoisotopic (exact) mass is 459 g/mol. The molecule has 4 unspecified atom stereocenters. The highest BCUT2D eigenvalue weighted by molar-refractivity contribution is 7.46. The van der Waals surface area contributed by atoms with Crippen LogP contribution in [0.15, 0.2) is 24.4 Å². The fraction of sp³-hybridized carbons (Fsp3) is 0.263. The quantitative estimate of drug-likeness (QED) is 0.175. The van der Waals surface area contributed by atoms with Gasteiger partial charge in [-0.1, -0.05) is 12.5 Å². The van der Waals surface area contributed by atoms with Gasteiger partial charge in [-0.3, -0.25) is 4.52 Å². The molecule has 3 aromatic rings. The maximum absolute atomic E-state index is 11.0. The molecule has 0 spiro atoms. The molecule has 166 valence electrons. The number of hydrogen-bond acceptors (Lipinski definition) is 9. The number of nitrogens with one attached hydrogen (secondary N) is 1. The number of terminal acetylenes is 1. The summed E-state index contributed by atoms with van der Waals surface area (Å²) >= 11 is 0. The predicted octanol–water partition coefficient (Wildman–Crippen LogP) is 0.374. The van der Waals surface area contributed by atoms with E-state index in [0.29, 0.717) is 27.2 Å². The van der Waals surface area contributed by atoms with Crippen molar-refractivity contribution < 1.29 is 33.8 Å².